The van der Waals surface area contributed by atoms with E-state index in [1.54, 1.807) is 0 Å². The number of morpholine rings is 1. The van der Waals surface area contributed by atoms with Gasteiger partial charge in [-0.2, -0.15) is 0 Å². The third-order valence-corrected chi connectivity index (χ3v) is 3.61. The van der Waals surface area contributed by atoms with Gasteiger partial charge in [0.25, 0.3) is 0 Å². The van der Waals surface area contributed by atoms with Gasteiger partial charge in [0, 0.05) is 32.7 Å². The molecule has 0 radical (unpaired) electrons. The van der Waals surface area contributed by atoms with Crippen LogP contribution in [-0.4, -0.2) is 66.8 Å². The van der Waals surface area contributed by atoms with Crippen molar-refractivity contribution in [2.45, 2.75) is 6.54 Å². The van der Waals surface area contributed by atoms with Crippen molar-refractivity contribution in [2.24, 2.45) is 0 Å². The third-order valence-electron chi connectivity index (χ3n) is 3.61. The van der Waals surface area contributed by atoms with Crippen LogP contribution in [0.2, 0.25) is 0 Å². The number of hydrogen-bond acceptors (Lipinski definition) is 4. The van der Waals surface area contributed by atoms with Crippen LogP contribution < -0.4 is 0 Å². The van der Waals surface area contributed by atoms with Crippen LogP contribution >= 0.6 is 0 Å². The van der Waals surface area contributed by atoms with Crippen molar-refractivity contribution in [3.05, 3.63) is 48.0 Å². The van der Waals surface area contributed by atoms with Crippen LogP contribution in [0.3, 0.4) is 0 Å². The zero-order chi connectivity index (χ0) is 15.8. The van der Waals surface area contributed by atoms with E-state index in [4.69, 9.17) is 9.84 Å². The number of benzene rings is 1. The first-order chi connectivity index (χ1) is 10.6. The Morgan fingerprint density at radius 2 is 1.91 bits per heavy atom. The monoisotopic (exact) mass is 304 g/mol. The summed E-state index contributed by atoms with van der Waals surface area (Å²) in [4.78, 5) is 15.3. The first-order valence-corrected chi connectivity index (χ1v) is 7.58. The minimum atomic E-state index is -0.810. The lowest BCUT2D eigenvalue weighted by molar-refractivity contribution is -0.138. The van der Waals surface area contributed by atoms with Crippen molar-refractivity contribution in [3.8, 4) is 0 Å². The largest absolute Gasteiger partial charge is 0.480 e. The average molecular weight is 304 g/mol. The lowest BCUT2D eigenvalue weighted by Gasteiger charge is -2.29. The van der Waals surface area contributed by atoms with E-state index in [9.17, 15) is 4.79 Å². The zero-order valence-electron chi connectivity index (χ0n) is 12.9. The quantitative estimate of drug-likeness (QED) is 0.737. The number of aliphatic carboxylic acids is 1. The normalized spacial score (nSPS) is 15.9. The van der Waals surface area contributed by atoms with Gasteiger partial charge in [0.2, 0.25) is 0 Å². The Balaban J connectivity index is 1.87. The molecule has 0 aromatic heterocycles. The molecule has 0 saturated carbocycles. The molecular formula is C17H24N2O3. The van der Waals surface area contributed by atoms with Crippen molar-refractivity contribution < 1.29 is 14.6 Å². The number of carboxylic acids is 1. The second-order valence-corrected chi connectivity index (χ2v) is 5.66. The number of ether oxygens (including phenoxy) is 1. The van der Waals surface area contributed by atoms with E-state index in [1.165, 1.54) is 0 Å². The molecule has 5 nitrogen and oxygen atoms in total. The van der Waals surface area contributed by atoms with Crippen molar-refractivity contribution in [1.82, 2.24) is 9.80 Å². The van der Waals surface area contributed by atoms with Gasteiger partial charge in [0.15, 0.2) is 0 Å². The Bertz CT molecular complexity index is 484. The SMILES string of the molecule is C=C(CN1CCOCC1)CN(CC(=O)O)Cc1ccccc1. The summed E-state index contributed by atoms with van der Waals surface area (Å²) in [5, 5.41) is 9.10. The van der Waals surface area contributed by atoms with E-state index in [1.807, 2.05) is 35.2 Å². The van der Waals surface area contributed by atoms with Crippen molar-refractivity contribution in [1.29, 1.82) is 0 Å². The van der Waals surface area contributed by atoms with E-state index in [0.29, 0.717) is 13.1 Å². The highest BCUT2D eigenvalue weighted by Crippen LogP contribution is 2.08. The Labute approximate surface area is 131 Å². The summed E-state index contributed by atoms with van der Waals surface area (Å²) in [6.07, 6.45) is 0. The standard InChI is InChI=1S/C17H24N2O3/c1-15(11-18-7-9-22-10-8-18)12-19(14-17(20)21)13-16-5-3-2-4-6-16/h2-6H,1,7-14H2,(H,20,21). The average Bonchev–Trinajstić information content (AvgIpc) is 2.48. The molecule has 5 heteroatoms. The van der Waals surface area contributed by atoms with E-state index in [2.05, 4.69) is 11.5 Å². The van der Waals surface area contributed by atoms with Crippen LogP contribution in [0.25, 0.3) is 0 Å². The fourth-order valence-electron chi connectivity index (χ4n) is 2.64. The molecule has 1 aliphatic rings. The van der Waals surface area contributed by atoms with Gasteiger partial charge in [-0.1, -0.05) is 36.9 Å². The predicted molar refractivity (Wildman–Crippen MR) is 85.8 cm³/mol. The van der Waals surface area contributed by atoms with E-state index >= 15 is 0 Å². The van der Waals surface area contributed by atoms with Gasteiger partial charge >= 0.3 is 5.97 Å². The number of hydrogen-bond donors (Lipinski definition) is 1. The molecule has 120 valence electrons. The van der Waals surface area contributed by atoms with Gasteiger partial charge in [0.1, 0.15) is 0 Å². The summed E-state index contributed by atoms with van der Waals surface area (Å²) in [6, 6.07) is 9.93. The first kappa shape index (κ1) is 16.7. The van der Waals surface area contributed by atoms with Crippen molar-refractivity contribution in [3.63, 3.8) is 0 Å². The number of nitrogens with zero attached hydrogens (tertiary/aromatic N) is 2. The summed E-state index contributed by atoms with van der Waals surface area (Å²) in [7, 11) is 0. The summed E-state index contributed by atoms with van der Waals surface area (Å²) >= 11 is 0. The van der Waals surface area contributed by atoms with Gasteiger partial charge in [-0.25, -0.2) is 0 Å². The molecular weight excluding hydrogens is 280 g/mol. The minimum absolute atomic E-state index is 0.0248. The fraction of sp³-hybridized carbons (Fsp3) is 0.471. The Hall–Kier alpha value is -1.69. The predicted octanol–water partition coefficient (Wildman–Crippen LogP) is 1.46. The van der Waals surface area contributed by atoms with E-state index < -0.39 is 5.97 Å². The second kappa shape index (κ2) is 8.68. The molecule has 0 unspecified atom stereocenters. The highest BCUT2D eigenvalue weighted by Gasteiger charge is 2.15. The van der Waals surface area contributed by atoms with Gasteiger partial charge in [-0.05, 0) is 11.1 Å². The molecule has 1 saturated heterocycles. The zero-order valence-corrected chi connectivity index (χ0v) is 12.9. The van der Waals surface area contributed by atoms with Crippen molar-refractivity contribution >= 4 is 5.97 Å². The second-order valence-electron chi connectivity index (χ2n) is 5.66. The van der Waals surface area contributed by atoms with Gasteiger partial charge in [-0.3, -0.25) is 14.6 Å². The molecule has 0 aliphatic carbocycles. The lowest BCUT2D eigenvalue weighted by atomic mass is 10.2. The maximum Gasteiger partial charge on any atom is 0.317 e. The summed E-state index contributed by atoms with van der Waals surface area (Å²) < 4.78 is 5.33. The van der Waals surface area contributed by atoms with Gasteiger partial charge in [0.05, 0.1) is 19.8 Å². The number of carbonyl (C=O) groups is 1. The number of carboxylic acid groups (broad SMARTS) is 1. The Morgan fingerprint density at radius 3 is 2.55 bits per heavy atom. The number of rotatable bonds is 8. The van der Waals surface area contributed by atoms with Crippen LogP contribution in [0.1, 0.15) is 5.56 Å². The molecule has 22 heavy (non-hydrogen) atoms. The fourth-order valence-corrected chi connectivity index (χ4v) is 2.64. The molecule has 1 heterocycles. The summed E-state index contributed by atoms with van der Waals surface area (Å²) in [5.41, 5.74) is 2.15. The molecule has 1 aliphatic heterocycles. The highest BCUT2D eigenvalue weighted by atomic mass is 16.5. The third kappa shape index (κ3) is 5.97. The van der Waals surface area contributed by atoms with Gasteiger partial charge in [-0.15, -0.1) is 0 Å². The summed E-state index contributed by atoms with van der Waals surface area (Å²) in [6.45, 7) is 9.51. The molecule has 1 fully saturated rings. The molecule has 2 rings (SSSR count). The molecule has 1 N–H and O–H groups in total. The molecule has 1 aromatic rings. The van der Waals surface area contributed by atoms with E-state index in [-0.39, 0.29) is 6.54 Å². The van der Waals surface area contributed by atoms with Crippen LogP contribution in [-0.2, 0) is 16.1 Å². The molecule has 0 spiro atoms. The van der Waals surface area contributed by atoms with Gasteiger partial charge < -0.3 is 9.84 Å². The smallest absolute Gasteiger partial charge is 0.317 e. The van der Waals surface area contributed by atoms with Crippen LogP contribution in [0.15, 0.2) is 42.5 Å². The maximum absolute atomic E-state index is 11.1. The minimum Gasteiger partial charge on any atom is -0.480 e. The molecule has 0 amide bonds. The van der Waals surface area contributed by atoms with Crippen LogP contribution in [0, 0.1) is 0 Å². The first-order valence-electron chi connectivity index (χ1n) is 7.58. The lowest BCUT2D eigenvalue weighted by Crippen LogP contribution is -2.39. The highest BCUT2D eigenvalue weighted by molar-refractivity contribution is 5.69. The molecule has 1 aromatic carbocycles. The maximum atomic E-state index is 11.1. The molecule has 0 bridgehead atoms. The van der Waals surface area contributed by atoms with Crippen molar-refractivity contribution in [2.75, 3.05) is 45.9 Å². The van der Waals surface area contributed by atoms with E-state index in [0.717, 1.165) is 44.0 Å². The van der Waals surface area contributed by atoms with Crippen LogP contribution in [0.5, 0.6) is 0 Å². The Morgan fingerprint density at radius 1 is 1.23 bits per heavy atom. The molecule has 0 atom stereocenters. The Kier molecular flexibility index (Phi) is 6.58. The topological polar surface area (TPSA) is 53.0 Å². The van der Waals surface area contributed by atoms with Crippen LogP contribution in [0.4, 0.5) is 0 Å². The summed E-state index contributed by atoms with van der Waals surface area (Å²) in [5.74, 6) is -0.810.